The summed E-state index contributed by atoms with van der Waals surface area (Å²) in [5.41, 5.74) is 0.0979. The summed E-state index contributed by atoms with van der Waals surface area (Å²) in [4.78, 5) is 38.2. The van der Waals surface area contributed by atoms with E-state index in [1.807, 2.05) is 0 Å². The van der Waals surface area contributed by atoms with Gasteiger partial charge in [0.1, 0.15) is 10.5 Å². The molecular weight excluding hydrogens is 539 g/mol. The van der Waals surface area contributed by atoms with Gasteiger partial charge in [-0.05, 0) is 60.2 Å². The van der Waals surface area contributed by atoms with Crippen molar-refractivity contribution in [1.29, 1.82) is 0 Å². The van der Waals surface area contributed by atoms with Crippen molar-refractivity contribution in [1.82, 2.24) is 5.32 Å². The minimum atomic E-state index is -4.28. The third-order valence-corrected chi connectivity index (χ3v) is 6.79. The molecular formula is C23H13Cl3N2O6S. The van der Waals surface area contributed by atoms with Crippen LogP contribution in [0.5, 0.6) is 5.75 Å². The average molecular weight is 552 g/mol. The molecule has 1 aliphatic rings. The second-order valence-electron chi connectivity index (χ2n) is 7.10. The van der Waals surface area contributed by atoms with Gasteiger partial charge in [-0.1, -0.05) is 53.0 Å². The maximum atomic E-state index is 13.0. The van der Waals surface area contributed by atoms with Crippen molar-refractivity contribution in [2.75, 3.05) is 4.90 Å². The van der Waals surface area contributed by atoms with Crippen molar-refractivity contribution >= 4 is 74.5 Å². The third-order valence-electron chi connectivity index (χ3n) is 4.74. The summed E-state index contributed by atoms with van der Waals surface area (Å²) < 4.78 is 30.3. The molecule has 8 nitrogen and oxygen atoms in total. The fourth-order valence-corrected chi connectivity index (χ4v) is 4.90. The lowest BCUT2D eigenvalue weighted by atomic mass is 10.1. The first kappa shape index (κ1) is 24.7. The topological polar surface area (TPSA) is 110 Å². The van der Waals surface area contributed by atoms with E-state index in [4.69, 9.17) is 39.0 Å². The van der Waals surface area contributed by atoms with Gasteiger partial charge < -0.3 is 4.18 Å². The predicted molar refractivity (Wildman–Crippen MR) is 131 cm³/mol. The fraction of sp³-hybridized carbons (Fsp3) is 0. The van der Waals surface area contributed by atoms with Gasteiger partial charge in [-0.25, -0.2) is 9.69 Å². The fourth-order valence-electron chi connectivity index (χ4n) is 3.14. The van der Waals surface area contributed by atoms with Gasteiger partial charge in [-0.15, -0.1) is 0 Å². The summed E-state index contributed by atoms with van der Waals surface area (Å²) in [6, 6.07) is 14.9. The first-order valence-electron chi connectivity index (χ1n) is 9.72. The van der Waals surface area contributed by atoms with E-state index in [0.29, 0.717) is 5.02 Å². The number of benzene rings is 3. The van der Waals surface area contributed by atoms with Gasteiger partial charge in [0.25, 0.3) is 11.8 Å². The molecule has 1 saturated heterocycles. The molecule has 1 aliphatic heterocycles. The first-order chi connectivity index (χ1) is 16.6. The number of carbonyl (C=O) groups excluding carboxylic acids is 3. The van der Waals surface area contributed by atoms with E-state index in [1.54, 1.807) is 18.2 Å². The van der Waals surface area contributed by atoms with E-state index in [1.165, 1.54) is 54.6 Å². The molecule has 3 aromatic rings. The van der Waals surface area contributed by atoms with Crippen LogP contribution >= 0.6 is 34.8 Å². The number of nitrogens with one attached hydrogen (secondary N) is 1. The number of imide groups is 2. The zero-order valence-electron chi connectivity index (χ0n) is 17.4. The highest BCUT2D eigenvalue weighted by molar-refractivity contribution is 7.87. The SMILES string of the molecule is O=C1NC(=O)N(c2ccccc2)C(=O)/C1=C/c1cc(Cl)c(OS(=O)(=O)c2ccc(Cl)cc2)c(Cl)c1. The van der Waals surface area contributed by atoms with Gasteiger partial charge in [0.05, 0.1) is 15.7 Å². The lowest BCUT2D eigenvalue weighted by Crippen LogP contribution is -2.54. The zero-order valence-corrected chi connectivity index (χ0v) is 20.5. The zero-order chi connectivity index (χ0) is 25.3. The molecule has 0 atom stereocenters. The molecule has 0 radical (unpaired) electrons. The Morgan fingerprint density at radius 3 is 2.06 bits per heavy atom. The number of halogens is 3. The highest BCUT2D eigenvalue weighted by Gasteiger charge is 2.36. The van der Waals surface area contributed by atoms with Gasteiger partial charge in [0.15, 0.2) is 5.75 Å². The minimum absolute atomic E-state index is 0.171. The summed E-state index contributed by atoms with van der Waals surface area (Å²) in [5, 5.41) is 2.06. The number of nitrogens with zero attached hydrogens (tertiary/aromatic N) is 1. The lowest BCUT2D eigenvalue weighted by molar-refractivity contribution is -0.122. The Kier molecular flexibility index (Phi) is 6.86. The van der Waals surface area contributed by atoms with Crippen LogP contribution in [0.3, 0.4) is 0 Å². The lowest BCUT2D eigenvalue weighted by Gasteiger charge is -2.26. The van der Waals surface area contributed by atoms with Crippen LogP contribution in [0.25, 0.3) is 6.08 Å². The van der Waals surface area contributed by atoms with Crippen LogP contribution in [-0.2, 0) is 19.7 Å². The Bertz CT molecular complexity index is 1470. The highest BCUT2D eigenvalue weighted by atomic mass is 35.5. The largest absolute Gasteiger partial charge is 0.376 e. The normalized spacial score (nSPS) is 15.3. The second kappa shape index (κ2) is 9.71. The number of barbiturate groups is 1. The number of hydrogen-bond donors (Lipinski definition) is 1. The minimum Gasteiger partial charge on any atom is -0.376 e. The van der Waals surface area contributed by atoms with E-state index in [0.717, 1.165) is 4.90 Å². The number of hydrogen-bond acceptors (Lipinski definition) is 6. The number of carbonyl (C=O) groups is 3. The van der Waals surface area contributed by atoms with Crippen LogP contribution in [0.2, 0.25) is 15.1 Å². The molecule has 35 heavy (non-hydrogen) atoms. The number of urea groups is 1. The number of para-hydroxylation sites is 1. The predicted octanol–water partition coefficient (Wildman–Crippen LogP) is 5.08. The maximum Gasteiger partial charge on any atom is 0.339 e. The highest BCUT2D eigenvalue weighted by Crippen LogP contribution is 2.37. The Balaban J connectivity index is 1.66. The van der Waals surface area contributed by atoms with Crippen LogP contribution in [0, 0.1) is 0 Å². The summed E-state index contributed by atoms with van der Waals surface area (Å²) in [6.07, 6.45) is 1.18. The molecule has 3 aromatic carbocycles. The quantitative estimate of drug-likeness (QED) is 0.269. The Labute approximate surface area is 214 Å². The third kappa shape index (κ3) is 5.18. The first-order valence-corrected chi connectivity index (χ1v) is 12.3. The molecule has 0 aromatic heterocycles. The van der Waals surface area contributed by atoms with E-state index >= 15 is 0 Å². The molecule has 4 rings (SSSR count). The molecule has 4 amide bonds. The van der Waals surface area contributed by atoms with E-state index in [-0.39, 0.29) is 37.5 Å². The molecule has 0 spiro atoms. The average Bonchev–Trinajstić information content (AvgIpc) is 2.80. The Hall–Kier alpha value is -3.37. The van der Waals surface area contributed by atoms with Gasteiger partial charge in [0.2, 0.25) is 0 Å². The Morgan fingerprint density at radius 1 is 0.857 bits per heavy atom. The molecule has 178 valence electrons. The monoisotopic (exact) mass is 550 g/mol. The van der Waals surface area contributed by atoms with E-state index in [2.05, 4.69) is 5.32 Å². The number of anilines is 1. The van der Waals surface area contributed by atoms with Crippen molar-refractivity contribution in [3.05, 3.63) is 92.9 Å². The second-order valence-corrected chi connectivity index (χ2v) is 9.90. The van der Waals surface area contributed by atoms with Crippen molar-refractivity contribution in [2.24, 2.45) is 0 Å². The molecule has 0 saturated carbocycles. The maximum absolute atomic E-state index is 13.0. The number of rotatable bonds is 5. The van der Waals surface area contributed by atoms with E-state index in [9.17, 15) is 22.8 Å². The van der Waals surface area contributed by atoms with Crippen LogP contribution in [0.15, 0.2) is 77.2 Å². The van der Waals surface area contributed by atoms with Gasteiger partial charge in [-0.3, -0.25) is 14.9 Å². The number of amides is 4. The molecule has 0 aliphatic carbocycles. The van der Waals surface area contributed by atoms with Gasteiger partial charge >= 0.3 is 16.1 Å². The molecule has 12 heteroatoms. The van der Waals surface area contributed by atoms with Gasteiger partial charge in [0, 0.05) is 5.02 Å². The molecule has 0 unspecified atom stereocenters. The standard InChI is InChI=1S/C23H13Cl3N2O6S/c24-14-6-8-16(9-7-14)35(32,33)34-20-18(25)11-13(12-19(20)26)10-17-21(29)27-23(31)28(22(17)30)15-4-2-1-3-5-15/h1-12H,(H,27,29,31)/b17-10+. The van der Waals surface area contributed by atoms with Crippen molar-refractivity contribution in [2.45, 2.75) is 4.90 Å². The van der Waals surface area contributed by atoms with Crippen molar-refractivity contribution in [3.63, 3.8) is 0 Å². The summed E-state index contributed by atoms with van der Waals surface area (Å²) in [7, 11) is -4.28. The van der Waals surface area contributed by atoms with Gasteiger partial charge in [-0.2, -0.15) is 8.42 Å². The van der Waals surface area contributed by atoms with Crippen LogP contribution in [-0.4, -0.2) is 26.3 Å². The summed E-state index contributed by atoms with van der Waals surface area (Å²) >= 11 is 18.2. The van der Waals surface area contributed by atoms with Crippen molar-refractivity contribution in [3.8, 4) is 5.75 Å². The van der Waals surface area contributed by atoms with E-state index < -0.39 is 28.0 Å². The summed E-state index contributed by atoms with van der Waals surface area (Å²) in [5.74, 6) is -2.11. The van der Waals surface area contributed by atoms with Crippen LogP contribution < -0.4 is 14.4 Å². The molecule has 0 bridgehead atoms. The molecule has 1 fully saturated rings. The molecule has 1 N–H and O–H groups in total. The molecule has 1 heterocycles. The summed E-state index contributed by atoms with van der Waals surface area (Å²) in [6.45, 7) is 0. The Morgan fingerprint density at radius 2 is 1.46 bits per heavy atom. The van der Waals surface area contributed by atoms with Crippen LogP contribution in [0.4, 0.5) is 10.5 Å². The van der Waals surface area contributed by atoms with Crippen molar-refractivity contribution < 1.29 is 27.0 Å². The van der Waals surface area contributed by atoms with Crippen LogP contribution in [0.1, 0.15) is 5.56 Å². The smallest absolute Gasteiger partial charge is 0.339 e.